The number of H-pyrrole nitrogens is 2. The number of pyridine rings is 1. The van der Waals surface area contributed by atoms with Crippen molar-refractivity contribution in [1.29, 1.82) is 5.26 Å². The summed E-state index contributed by atoms with van der Waals surface area (Å²) in [7, 11) is 0. The van der Waals surface area contributed by atoms with Gasteiger partial charge in [-0.25, -0.2) is 0 Å². The van der Waals surface area contributed by atoms with E-state index in [1.165, 1.54) is 23.8 Å². The molecule has 2 N–H and O–H groups in total. The van der Waals surface area contributed by atoms with Gasteiger partial charge in [0.05, 0.1) is 11.6 Å². The van der Waals surface area contributed by atoms with Crippen LogP contribution >= 0.6 is 0 Å². The van der Waals surface area contributed by atoms with Crippen molar-refractivity contribution in [1.82, 2.24) is 14.9 Å². The predicted octanol–water partition coefficient (Wildman–Crippen LogP) is 3.26. The fraction of sp³-hybridized carbons (Fsp3) is 0.391. The second-order valence-electron chi connectivity index (χ2n) is 7.73. The van der Waals surface area contributed by atoms with E-state index in [1.54, 1.807) is 6.07 Å². The lowest BCUT2D eigenvalue weighted by Crippen LogP contribution is -2.47. The van der Waals surface area contributed by atoms with Gasteiger partial charge in [0, 0.05) is 49.3 Å². The van der Waals surface area contributed by atoms with Gasteiger partial charge in [0.2, 0.25) is 5.56 Å². The summed E-state index contributed by atoms with van der Waals surface area (Å²) in [6.07, 6.45) is 6.70. The number of aromatic amines is 2. The SMILES string of the molecule is N#Cc1ccc2[nH]cc(CCCCCN3CCN(c4cccc(=O)[nH]4)CC3)c2c1. The zero-order valence-corrected chi connectivity index (χ0v) is 16.7. The second kappa shape index (κ2) is 8.97. The molecule has 4 rings (SSSR count). The fourth-order valence-electron chi connectivity index (χ4n) is 4.12. The summed E-state index contributed by atoms with van der Waals surface area (Å²) in [6, 6.07) is 13.4. The van der Waals surface area contributed by atoms with Gasteiger partial charge < -0.3 is 14.9 Å². The third kappa shape index (κ3) is 4.69. The van der Waals surface area contributed by atoms with Gasteiger partial charge >= 0.3 is 0 Å². The molecule has 0 saturated carbocycles. The van der Waals surface area contributed by atoms with Gasteiger partial charge in [0.1, 0.15) is 5.82 Å². The summed E-state index contributed by atoms with van der Waals surface area (Å²) in [5.74, 6) is 0.926. The van der Waals surface area contributed by atoms with Gasteiger partial charge in [0.15, 0.2) is 0 Å². The number of rotatable bonds is 7. The molecule has 3 heterocycles. The molecule has 29 heavy (non-hydrogen) atoms. The Kier molecular flexibility index (Phi) is 5.97. The number of fused-ring (bicyclic) bond motifs is 1. The molecule has 1 aliphatic heterocycles. The molecule has 6 nitrogen and oxygen atoms in total. The number of aryl methyl sites for hydroxylation is 1. The molecule has 2 aromatic heterocycles. The summed E-state index contributed by atoms with van der Waals surface area (Å²) in [5.41, 5.74) is 3.10. The van der Waals surface area contributed by atoms with Crippen molar-refractivity contribution >= 4 is 16.7 Å². The summed E-state index contributed by atoms with van der Waals surface area (Å²) in [6.45, 7) is 5.12. The zero-order valence-electron chi connectivity index (χ0n) is 16.7. The first-order chi connectivity index (χ1) is 14.2. The van der Waals surface area contributed by atoms with Gasteiger partial charge in [-0.15, -0.1) is 0 Å². The monoisotopic (exact) mass is 389 g/mol. The molecule has 6 heteroatoms. The lowest BCUT2D eigenvalue weighted by molar-refractivity contribution is 0.251. The van der Waals surface area contributed by atoms with Crippen LogP contribution in [0.1, 0.15) is 30.4 Å². The number of nitrogens with one attached hydrogen (secondary N) is 2. The van der Waals surface area contributed by atoms with Crippen LogP contribution in [0.5, 0.6) is 0 Å². The average Bonchev–Trinajstić information content (AvgIpc) is 3.16. The van der Waals surface area contributed by atoms with Crippen LogP contribution in [0.15, 0.2) is 47.4 Å². The zero-order chi connectivity index (χ0) is 20.1. The van der Waals surface area contributed by atoms with E-state index < -0.39 is 0 Å². The minimum Gasteiger partial charge on any atom is -0.361 e. The molecule has 1 saturated heterocycles. The molecule has 0 aliphatic carbocycles. The van der Waals surface area contributed by atoms with Gasteiger partial charge in [-0.1, -0.05) is 12.5 Å². The Morgan fingerprint density at radius 3 is 2.69 bits per heavy atom. The molecular formula is C23H27N5O. The molecule has 0 bridgehead atoms. The smallest absolute Gasteiger partial charge is 0.249 e. The molecule has 1 fully saturated rings. The third-order valence-electron chi connectivity index (χ3n) is 5.78. The summed E-state index contributed by atoms with van der Waals surface area (Å²) in [4.78, 5) is 22.5. The van der Waals surface area contributed by atoms with E-state index in [0.717, 1.165) is 62.5 Å². The Labute approximate surface area is 170 Å². The van der Waals surface area contributed by atoms with E-state index in [9.17, 15) is 4.79 Å². The van der Waals surface area contributed by atoms with Crippen LogP contribution in [0.2, 0.25) is 0 Å². The van der Waals surface area contributed by atoms with Gasteiger partial charge in [0.25, 0.3) is 0 Å². The summed E-state index contributed by atoms with van der Waals surface area (Å²) >= 11 is 0. The van der Waals surface area contributed by atoms with Crippen LogP contribution in [0.25, 0.3) is 10.9 Å². The molecule has 1 aromatic carbocycles. The third-order valence-corrected chi connectivity index (χ3v) is 5.78. The van der Waals surface area contributed by atoms with Crippen molar-refractivity contribution in [2.75, 3.05) is 37.6 Å². The average molecular weight is 390 g/mol. The van der Waals surface area contributed by atoms with E-state index in [0.29, 0.717) is 0 Å². The number of unbranched alkanes of at least 4 members (excludes halogenated alkanes) is 2. The quantitative estimate of drug-likeness (QED) is 0.608. The Balaban J connectivity index is 1.18. The minimum atomic E-state index is -0.0380. The first-order valence-electron chi connectivity index (χ1n) is 10.4. The van der Waals surface area contributed by atoms with Crippen LogP contribution < -0.4 is 10.5 Å². The highest BCUT2D eigenvalue weighted by Gasteiger charge is 2.17. The van der Waals surface area contributed by atoms with E-state index in [2.05, 4.69) is 32.0 Å². The van der Waals surface area contributed by atoms with E-state index >= 15 is 0 Å². The Bertz CT molecular complexity index is 1050. The minimum absolute atomic E-state index is 0.0380. The molecule has 150 valence electrons. The van der Waals surface area contributed by atoms with Crippen LogP contribution in [-0.2, 0) is 6.42 Å². The number of aromatic nitrogens is 2. The molecule has 3 aromatic rings. The first-order valence-corrected chi connectivity index (χ1v) is 10.4. The predicted molar refractivity (Wildman–Crippen MR) is 116 cm³/mol. The molecule has 1 aliphatic rings. The van der Waals surface area contributed by atoms with Crippen molar-refractivity contribution in [3.63, 3.8) is 0 Å². The van der Waals surface area contributed by atoms with Crippen molar-refractivity contribution in [3.05, 3.63) is 64.1 Å². The lowest BCUT2D eigenvalue weighted by atomic mass is 10.0. The molecule has 0 atom stereocenters. The number of nitrogens with zero attached hydrogens (tertiary/aromatic N) is 3. The maximum atomic E-state index is 11.5. The molecular weight excluding hydrogens is 362 g/mol. The number of benzene rings is 1. The van der Waals surface area contributed by atoms with Crippen LogP contribution in [0.3, 0.4) is 0 Å². The Hall–Kier alpha value is -3.04. The van der Waals surface area contributed by atoms with Crippen LogP contribution in [0.4, 0.5) is 5.82 Å². The number of anilines is 1. The van der Waals surface area contributed by atoms with Crippen molar-refractivity contribution in [3.8, 4) is 6.07 Å². The molecule has 0 amide bonds. The Morgan fingerprint density at radius 1 is 1.03 bits per heavy atom. The number of hydrogen-bond donors (Lipinski definition) is 2. The van der Waals surface area contributed by atoms with Crippen LogP contribution in [-0.4, -0.2) is 47.6 Å². The number of piperazine rings is 1. The second-order valence-corrected chi connectivity index (χ2v) is 7.73. The van der Waals surface area contributed by atoms with Gasteiger partial charge in [-0.2, -0.15) is 5.26 Å². The maximum Gasteiger partial charge on any atom is 0.249 e. The molecule has 0 spiro atoms. The van der Waals surface area contributed by atoms with E-state index in [-0.39, 0.29) is 5.56 Å². The van der Waals surface area contributed by atoms with Gasteiger partial charge in [-0.3, -0.25) is 9.69 Å². The van der Waals surface area contributed by atoms with Crippen LogP contribution in [0, 0.1) is 11.3 Å². The fourth-order valence-corrected chi connectivity index (χ4v) is 4.12. The highest BCUT2D eigenvalue weighted by molar-refractivity contribution is 5.84. The summed E-state index contributed by atoms with van der Waals surface area (Å²) < 4.78 is 0. The topological polar surface area (TPSA) is 78.9 Å². The lowest BCUT2D eigenvalue weighted by Gasteiger charge is -2.35. The number of hydrogen-bond acceptors (Lipinski definition) is 4. The standard InChI is InChI=1S/C23H27N5O/c24-16-18-8-9-21-20(15-18)19(17-25-21)5-2-1-3-10-27-11-13-28(14-12-27)22-6-4-7-23(29)26-22/h4,6-9,15,17,25H,1-3,5,10-14H2,(H,26,29). The highest BCUT2D eigenvalue weighted by Crippen LogP contribution is 2.21. The first kappa shape index (κ1) is 19.3. The van der Waals surface area contributed by atoms with Crippen molar-refractivity contribution in [2.45, 2.75) is 25.7 Å². The largest absolute Gasteiger partial charge is 0.361 e. The molecule has 0 unspecified atom stereocenters. The van der Waals surface area contributed by atoms with E-state index in [4.69, 9.17) is 5.26 Å². The normalized spacial score (nSPS) is 14.9. The highest BCUT2D eigenvalue weighted by atomic mass is 16.1. The van der Waals surface area contributed by atoms with Gasteiger partial charge in [-0.05, 0) is 55.6 Å². The van der Waals surface area contributed by atoms with E-state index in [1.807, 2.05) is 30.3 Å². The van der Waals surface area contributed by atoms with Crippen molar-refractivity contribution < 1.29 is 0 Å². The number of nitriles is 1. The van der Waals surface area contributed by atoms with Crippen molar-refractivity contribution in [2.24, 2.45) is 0 Å². The molecule has 0 radical (unpaired) electrons. The maximum absolute atomic E-state index is 11.5. The Morgan fingerprint density at radius 2 is 1.90 bits per heavy atom. The summed E-state index contributed by atoms with van der Waals surface area (Å²) in [5, 5.41) is 10.3.